The van der Waals surface area contributed by atoms with Gasteiger partial charge in [-0.25, -0.2) is 18.6 Å². The summed E-state index contributed by atoms with van der Waals surface area (Å²) in [7, 11) is -2.26. The molecular weight excluding hydrogens is 374 g/mol. The van der Waals surface area contributed by atoms with Gasteiger partial charge in [-0.2, -0.15) is 5.10 Å². The standard InChI is InChI=1S/C17H17N3O6S/c1-24-14-7-12(8-15-17(14)26-11-25-15)9-18-20-16(21)10-19-27(22,23)13-5-3-2-4-6-13/h2-9,19H,10-11H2,1H3,(H,20,21)/b18-9-. The maximum Gasteiger partial charge on any atom is 0.255 e. The molecule has 0 bridgehead atoms. The van der Waals surface area contributed by atoms with Gasteiger partial charge in [-0.1, -0.05) is 18.2 Å². The van der Waals surface area contributed by atoms with E-state index in [1.807, 2.05) is 0 Å². The topological polar surface area (TPSA) is 115 Å². The van der Waals surface area contributed by atoms with Crippen molar-refractivity contribution in [2.24, 2.45) is 5.10 Å². The smallest absolute Gasteiger partial charge is 0.255 e. The molecule has 0 aromatic heterocycles. The van der Waals surface area contributed by atoms with Crippen molar-refractivity contribution in [3.8, 4) is 17.2 Å². The quantitative estimate of drug-likeness (QED) is 0.534. The summed E-state index contributed by atoms with van der Waals surface area (Å²) in [5.74, 6) is 0.888. The summed E-state index contributed by atoms with van der Waals surface area (Å²) in [5, 5.41) is 3.80. The molecule has 9 nitrogen and oxygen atoms in total. The van der Waals surface area contributed by atoms with Crippen LogP contribution in [0.2, 0.25) is 0 Å². The summed E-state index contributed by atoms with van der Waals surface area (Å²) in [6, 6.07) is 11.1. The van der Waals surface area contributed by atoms with Gasteiger partial charge >= 0.3 is 0 Å². The number of amides is 1. The predicted octanol–water partition coefficient (Wildman–Crippen LogP) is 0.852. The Hall–Kier alpha value is -3.11. The number of hydrazone groups is 1. The van der Waals surface area contributed by atoms with Crippen molar-refractivity contribution in [1.82, 2.24) is 10.1 Å². The van der Waals surface area contributed by atoms with E-state index in [0.717, 1.165) is 0 Å². The molecular formula is C17H17N3O6S. The molecule has 0 radical (unpaired) electrons. The van der Waals surface area contributed by atoms with E-state index in [1.165, 1.54) is 25.5 Å². The third-order valence-corrected chi connectivity index (χ3v) is 4.98. The van der Waals surface area contributed by atoms with Gasteiger partial charge in [-0.3, -0.25) is 4.79 Å². The Balaban J connectivity index is 1.57. The van der Waals surface area contributed by atoms with Gasteiger partial charge in [0.2, 0.25) is 22.6 Å². The van der Waals surface area contributed by atoms with Crippen molar-refractivity contribution < 1.29 is 27.4 Å². The van der Waals surface area contributed by atoms with Crippen LogP contribution in [0.3, 0.4) is 0 Å². The summed E-state index contributed by atoms with van der Waals surface area (Å²) >= 11 is 0. The second kappa shape index (κ2) is 8.06. The number of ether oxygens (including phenoxy) is 3. The Kier molecular flexibility index (Phi) is 5.57. The maximum atomic E-state index is 12.0. The molecule has 1 aliphatic heterocycles. The zero-order chi connectivity index (χ0) is 19.3. The number of rotatable bonds is 7. The third-order valence-electron chi connectivity index (χ3n) is 3.56. The number of nitrogens with zero attached hydrogens (tertiary/aromatic N) is 1. The number of methoxy groups -OCH3 is 1. The van der Waals surface area contributed by atoms with Crippen LogP contribution in [-0.2, 0) is 14.8 Å². The van der Waals surface area contributed by atoms with E-state index < -0.39 is 22.5 Å². The van der Waals surface area contributed by atoms with Crippen molar-refractivity contribution in [3.05, 3.63) is 48.0 Å². The molecule has 2 aromatic rings. The minimum absolute atomic E-state index is 0.0776. The van der Waals surface area contributed by atoms with E-state index >= 15 is 0 Å². The lowest BCUT2D eigenvalue weighted by atomic mass is 10.2. The molecule has 27 heavy (non-hydrogen) atoms. The highest BCUT2D eigenvalue weighted by Gasteiger charge is 2.19. The Morgan fingerprint density at radius 1 is 1.26 bits per heavy atom. The van der Waals surface area contributed by atoms with Gasteiger partial charge in [0.15, 0.2) is 11.5 Å². The first-order valence-electron chi connectivity index (χ1n) is 7.84. The first-order valence-corrected chi connectivity index (χ1v) is 9.32. The van der Waals surface area contributed by atoms with Crippen LogP contribution >= 0.6 is 0 Å². The van der Waals surface area contributed by atoms with Gasteiger partial charge in [0.05, 0.1) is 24.8 Å². The molecule has 0 saturated carbocycles. The number of hydrogen-bond donors (Lipinski definition) is 2. The summed E-state index contributed by atoms with van der Waals surface area (Å²) in [5.41, 5.74) is 2.86. The van der Waals surface area contributed by atoms with Crippen LogP contribution in [0.25, 0.3) is 0 Å². The summed E-state index contributed by atoms with van der Waals surface area (Å²) < 4.78 is 42.1. The molecule has 2 aromatic carbocycles. The van der Waals surface area contributed by atoms with Gasteiger partial charge in [0.1, 0.15) is 0 Å². The van der Waals surface area contributed by atoms with Gasteiger partial charge in [0.25, 0.3) is 5.91 Å². The fourth-order valence-electron chi connectivity index (χ4n) is 2.29. The van der Waals surface area contributed by atoms with Gasteiger partial charge in [0, 0.05) is 5.56 Å². The van der Waals surface area contributed by atoms with Crippen LogP contribution < -0.4 is 24.4 Å². The molecule has 1 aliphatic rings. The molecule has 0 atom stereocenters. The molecule has 1 amide bonds. The van der Waals surface area contributed by atoms with E-state index in [-0.39, 0.29) is 11.7 Å². The van der Waals surface area contributed by atoms with Crippen LogP contribution in [0.1, 0.15) is 5.56 Å². The summed E-state index contributed by atoms with van der Waals surface area (Å²) in [6.45, 7) is -0.344. The van der Waals surface area contributed by atoms with Crippen LogP contribution in [0, 0.1) is 0 Å². The Morgan fingerprint density at radius 2 is 2.04 bits per heavy atom. The Labute approximate surface area is 156 Å². The monoisotopic (exact) mass is 391 g/mol. The molecule has 0 spiro atoms. The summed E-state index contributed by atoms with van der Waals surface area (Å²) in [4.78, 5) is 11.9. The van der Waals surface area contributed by atoms with Crippen molar-refractivity contribution in [1.29, 1.82) is 0 Å². The van der Waals surface area contributed by atoms with E-state index in [2.05, 4.69) is 15.2 Å². The number of carbonyl (C=O) groups excluding carboxylic acids is 1. The second-order valence-corrected chi connectivity index (χ2v) is 7.15. The number of benzene rings is 2. The van der Waals surface area contributed by atoms with E-state index in [4.69, 9.17) is 14.2 Å². The lowest BCUT2D eigenvalue weighted by molar-refractivity contribution is -0.119. The van der Waals surface area contributed by atoms with Crippen molar-refractivity contribution in [2.45, 2.75) is 4.90 Å². The molecule has 0 saturated heterocycles. The fourth-order valence-corrected chi connectivity index (χ4v) is 3.29. The summed E-state index contributed by atoms with van der Waals surface area (Å²) in [6.07, 6.45) is 1.38. The molecule has 0 fully saturated rings. The average Bonchev–Trinajstić information content (AvgIpc) is 3.15. The van der Waals surface area contributed by atoms with Crippen molar-refractivity contribution in [3.63, 3.8) is 0 Å². The first-order chi connectivity index (χ1) is 13.0. The number of hydrogen-bond acceptors (Lipinski definition) is 7. The molecule has 2 N–H and O–H groups in total. The van der Waals surface area contributed by atoms with E-state index in [9.17, 15) is 13.2 Å². The number of fused-ring (bicyclic) bond motifs is 1. The lowest BCUT2D eigenvalue weighted by Crippen LogP contribution is -2.34. The van der Waals surface area contributed by atoms with Crippen LogP contribution in [-0.4, -0.2) is 41.0 Å². The molecule has 0 aliphatic carbocycles. The van der Waals surface area contributed by atoms with Gasteiger partial charge in [-0.15, -0.1) is 0 Å². The second-order valence-electron chi connectivity index (χ2n) is 5.39. The van der Waals surface area contributed by atoms with E-state index in [1.54, 1.807) is 30.3 Å². The normalized spacial score (nSPS) is 12.9. The van der Waals surface area contributed by atoms with Gasteiger partial charge in [-0.05, 0) is 24.3 Å². The molecule has 1 heterocycles. The Bertz CT molecular complexity index is 960. The largest absolute Gasteiger partial charge is 0.493 e. The highest BCUT2D eigenvalue weighted by Crippen LogP contribution is 2.41. The van der Waals surface area contributed by atoms with Crippen LogP contribution in [0.15, 0.2) is 52.5 Å². The zero-order valence-electron chi connectivity index (χ0n) is 14.3. The van der Waals surface area contributed by atoms with Gasteiger partial charge < -0.3 is 14.2 Å². The molecule has 0 unspecified atom stereocenters. The minimum Gasteiger partial charge on any atom is -0.493 e. The highest BCUT2D eigenvalue weighted by atomic mass is 32.2. The predicted molar refractivity (Wildman–Crippen MR) is 96.5 cm³/mol. The SMILES string of the molecule is COc1cc(/C=N\NC(=O)CNS(=O)(=O)c2ccccc2)cc2c1OCO2. The first kappa shape index (κ1) is 18.7. The average molecular weight is 391 g/mol. The zero-order valence-corrected chi connectivity index (χ0v) is 15.2. The third kappa shape index (κ3) is 4.54. The van der Waals surface area contributed by atoms with Crippen molar-refractivity contribution in [2.75, 3.05) is 20.4 Å². The van der Waals surface area contributed by atoms with Crippen LogP contribution in [0.5, 0.6) is 17.2 Å². The highest BCUT2D eigenvalue weighted by molar-refractivity contribution is 7.89. The molecule has 142 valence electrons. The van der Waals surface area contributed by atoms with Crippen molar-refractivity contribution >= 4 is 22.1 Å². The fraction of sp³-hybridized carbons (Fsp3) is 0.176. The molecule has 10 heteroatoms. The Morgan fingerprint density at radius 3 is 2.78 bits per heavy atom. The lowest BCUT2D eigenvalue weighted by Gasteiger charge is -2.06. The maximum absolute atomic E-state index is 12.0. The number of sulfonamides is 1. The number of carbonyl (C=O) groups is 1. The molecule has 3 rings (SSSR count). The number of nitrogens with one attached hydrogen (secondary N) is 2. The van der Waals surface area contributed by atoms with E-state index in [0.29, 0.717) is 22.8 Å². The van der Waals surface area contributed by atoms with Crippen LogP contribution in [0.4, 0.5) is 0 Å². The minimum atomic E-state index is -3.76.